The maximum atomic E-state index is 13.6. The van der Waals surface area contributed by atoms with Crippen LogP contribution in [0, 0.1) is 22.1 Å². The summed E-state index contributed by atoms with van der Waals surface area (Å²) in [6.45, 7) is 1.47. The molecule has 1 amide bonds. The van der Waals surface area contributed by atoms with Crippen molar-refractivity contribution in [2.45, 2.75) is 6.92 Å². The smallest absolute Gasteiger partial charge is 0.258 e. The molecule has 0 heterocycles. The Morgan fingerprint density at radius 2 is 1.90 bits per heavy atom. The van der Waals surface area contributed by atoms with Crippen molar-refractivity contribution in [1.29, 1.82) is 0 Å². The van der Waals surface area contributed by atoms with Crippen molar-refractivity contribution < 1.29 is 13.6 Å². The second-order valence-electron chi connectivity index (χ2n) is 4.16. The fourth-order valence-corrected chi connectivity index (χ4v) is 2.62. The zero-order chi connectivity index (χ0) is 14.9. The zero-order valence-corrected chi connectivity index (χ0v) is 13.2. The summed E-state index contributed by atoms with van der Waals surface area (Å²) >= 11 is 7.82. The molecule has 0 aliphatic rings. The minimum Gasteiger partial charge on any atom is -0.321 e. The molecule has 2 rings (SSSR count). The molecule has 2 aromatic rings. The summed E-state index contributed by atoms with van der Waals surface area (Å²) in [4.78, 5) is 12.0. The average molecular weight is 408 g/mol. The lowest BCUT2D eigenvalue weighted by Gasteiger charge is -2.09. The van der Waals surface area contributed by atoms with E-state index in [4.69, 9.17) is 11.6 Å². The van der Waals surface area contributed by atoms with Gasteiger partial charge in [0, 0.05) is 14.7 Å². The number of nitrogens with one attached hydrogen (secondary N) is 1. The van der Waals surface area contributed by atoms with Crippen molar-refractivity contribution in [2.75, 3.05) is 5.32 Å². The number of benzene rings is 2. The van der Waals surface area contributed by atoms with E-state index >= 15 is 0 Å². The lowest BCUT2D eigenvalue weighted by molar-refractivity contribution is 0.102. The van der Waals surface area contributed by atoms with Crippen LogP contribution in [0.1, 0.15) is 15.9 Å². The van der Waals surface area contributed by atoms with E-state index < -0.39 is 17.5 Å². The molecule has 2 aromatic carbocycles. The summed E-state index contributed by atoms with van der Waals surface area (Å²) in [6.07, 6.45) is 0. The lowest BCUT2D eigenvalue weighted by Crippen LogP contribution is -2.15. The van der Waals surface area contributed by atoms with Gasteiger partial charge in [-0.15, -0.1) is 0 Å². The minimum atomic E-state index is -0.894. The Labute approximate surface area is 133 Å². The Morgan fingerprint density at radius 1 is 1.20 bits per heavy atom. The van der Waals surface area contributed by atoms with Gasteiger partial charge in [-0.05, 0) is 59.3 Å². The molecule has 0 atom stereocenters. The predicted molar refractivity (Wildman–Crippen MR) is 83.2 cm³/mol. The van der Waals surface area contributed by atoms with E-state index in [2.05, 4.69) is 5.32 Å². The first kappa shape index (κ1) is 15.2. The van der Waals surface area contributed by atoms with Gasteiger partial charge in [-0.25, -0.2) is 8.78 Å². The molecule has 0 radical (unpaired) electrons. The fourth-order valence-electron chi connectivity index (χ4n) is 1.61. The van der Waals surface area contributed by atoms with Gasteiger partial charge in [0.1, 0.15) is 11.6 Å². The van der Waals surface area contributed by atoms with Crippen molar-refractivity contribution in [2.24, 2.45) is 0 Å². The molecule has 104 valence electrons. The molecule has 0 spiro atoms. The van der Waals surface area contributed by atoms with Gasteiger partial charge in [-0.2, -0.15) is 0 Å². The Bertz CT molecular complexity index is 691. The Hall–Kier alpha value is -1.21. The van der Waals surface area contributed by atoms with Gasteiger partial charge in [-0.3, -0.25) is 4.79 Å². The SMILES string of the molecule is Cc1cc(C(=O)Nc2ccc(Cl)cc2I)c(F)cc1F. The van der Waals surface area contributed by atoms with Crippen LogP contribution in [-0.2, 0) is 0 Å². The molecule has 0 fully saturated rings. The van der Waals surface area contributed by atoms with Crippen LogP contribution in [0.25, 0.3) is 0 Å². The van der Waals surface area contributed by atoms with Gasteiger partial charge in [0.15, 0.2) is 0 Å². The molecule has 6 heteroatoms. The molecular formula is C14H9ClF2INO. The Balaban J connectivity index is 2.31. The number of hydrogen-bond acceptors (Lipinski definition) is 1. The monoisotopic (exact) mass is 407 g/mol. The highest BCUT2D eigenvalue weighted by Crippen LogP contribution is 2.23. The number of carbonyl (C=O) groups excluding carboxylic acids is 1. The molecule has 20 heavy (non-hydrogen) atoms. The van der Waals surface area contributed by atoms with Crippen LogP contribution in [0.4, 0.5) is 14.5 Å². The first-order valence-corrected chi connectivity index (χ1v) is 7.06. The minimum absolute atomic E-state index is 0.199. The number of rotatable bonds is 2. The van der Waals surface area contributed by atoms with Gasteiger partial charge in [-0.1, -0.05) is 11.6 Å². The molecule has 0 unspecified atom stereocenters. The van der Waals surface area contributed by atoms with Crippen molar-refractivity contribution in [3.63, 3.8) is 0 Å². The molecule has 2 nitrogen and oxygen atoms in total. The summed E-state index contributed by atoms with van der Waals surface area (Å²) in [5.74, 6) is -2.21. The molecular weight excluding hydrogens is 399 g/mol. The highest BCUT2D eigenvalue weighted by molar-refractivity contribution is 14.1. The third-order valence-electron chi connectivity index (χ3n) is 2.67. The first-order valence-electron chi connectivity index (χ1n) is 5.60. The Kier molecular flexibility index (Phi) is 4.59. The summed E-state index contributed by atoms with van der Waals surface area (Å²) in [5, 5.41) is 3.11. The van der Waals surface area contributed by atoms with Crippen molar-refractivity contribution in [3.8, 4) is 0 Å². The lowest BCUT2D eigenvalue weighted by atomic mass is 10.1. The van der Waals surface area contributed by atoms with Crippen LogP contribution in [0.5, 0.6) is 0 Å². The van der Waals surface area contributed by atoms with E-state index in [1.54, 1.807) is 18.2 Å². The van der Waals surface area contributed by atoms with E-state index in [1.807, 2.05) is 22.6 Å². The van der Waals surface area contributed by atoms with Gasteiger partial charge in [0.05, 0.1) is 11.3 Å². The quantitative estimate of drug-likeness (QED) is 0.713. The van der Waals surface area contributed by atoms with Crippen LogP contribution in [0.2, 0.25) is 5.02 Å². The zero-order valence-electron chi connectivity index (χ0n) is 10.3. The average Bonchev–Trinajstić information content (AvgIpc) is 2.37. The topological polar surface area (TPSA) is 29.1 Å². The van der Waals surface area contributed by atoms with Gasteiger partial charge < -0.3 is 5.32 Å². The summed E-state index contributed by atoms with van der Waals surface area (Å²) in [5.41, 5.74) is 0.526. The second kappa shape index (κ2) is 6.05. The molecule has 1 N–H and O–H groups in total. The summed E-state index contributed by atoms with van der Waals surface area (Å²) < 4.78 is 27.5. The number of halogens is 4. The standard InChI is InChI=1S/C14H9ClF2INO/c1-7-4-9(11(17)6-10(7)16)14(20)19-13-3-2-8(15)5-12(13)18/h2-6H,1H3,(H,19,20). The number of carbonyl (C=O) groups is 1. The molecule has 0 aliphatic carbocycles. The Morgan fingerprint density at radius 3 is 2.55 bits per heavy atom. The summed E-state index contributed by atoms with van der Waals surface area (Å²) in [7, 11) is 0. The second-order valence-corrected chi connectivity index (χ2v) is 5.76. The van der Waals surface area contributed by atoms with Crippen LogP contribution < -0.4 is 5.32 Å². The van der Waals surface area contributed by atoms with Crippen LogP contribution in [0.3, 0.4) is 0 Å². The molecule has 0 saturated carbocycles. The maximum absolute atomic E-state index is 13.6. The third-order valence-corrected chi connectivity index (χ3v) is 3.80. The van der Waals surface area contributed by atoms with Crippen LogP contribution >= 0.6 is 34.2 Å². The van der Waals surface area contributed by atoms with Gasteiger partial charge in [0.25, 0.3) is 5.91 Å². The summed E-state index contributed by atoms with van der Waals surface area (Å²) in [6, 6.07) is 6.80. The highest BCUT2D eigenvalue weighted by Gasteiger charge is 2.15. The van der Waals surface area contributed by atoms with Crippen molar-refractivity contribution in [3.05, 3.63) is 61.7 Å². The highest BCUT2D eigenvalue weighted by atomic mass is 127. The van der Waals surface area contributed by atoms with E-state index in [0.29, 0.717) is 16.8 Å². The van der Waals surface area contributed by atoms with Crippen LogP contribution in [0.15, 0.2) is 30.3 Å². The van der Waals surface area contributed by atoms with Crippen molar-refractivity contribution >= 4 is 45.8 Å². The number of anilines is 1. The largest absolute Gasteiger partial charge is 0.321 e. The predicted octanol–water partition coefficient (Wildman–Crippen LogP) is 4.78. The van der Waals surface area contributed by atoms with E-state index in [1.165, 1.54) is 13.0 Å². The van der Waals surface area contributed by atoms with Gasteiger partial charge in [0.2, 0.25) is 0 Å². The normalized spacial score (nSPS) is 10.4. The molecule has 0 saturated heterocycles. The molecule has 0 aromatic heterocycles. The van der Waals surface area contributed by atoms with E-state index in [-0.39, 0.29) is 11.1 Å². The van der Waals surface area contributed by atoms with Crippen LogP contribution in [-0.4, -0.2) is 5.91 Å². The molecule has 0 bridgehead atoms. The number of amides is 1. The third kappa shape index (κ3) is 3.27. The van der Waals surface area contributed by atoms with Crippen molar-refractivity contribution in [1.82, 2.24) is 0 Å². The number of aryl methyl sites for hydroxylation is 1. The maximum Gasteiger partial charge on any atom is 0.258 e. The number of hydrogen-bond donors (Lipinski definition) is 1. The van der Waals surface area contributed by atoms with Gasteiger partial charge >= 0.3 is 0 Å². The molecule has 0 aliphatic heterocycles. The first-order chi connectivity index (χ1) is 9.38. The van der Waals surface area contributed by atoms with E-state index in [0.717, 1.165) is 3.57 Å². The van der Waals surface area contributed by atoms with E-state index in [9.17, 15) is 13.6 Å². The fraction of sp³-hybridized carbons (Fsp3) is 0.0714.